The number of para-hydroxylation sites is 1. The van der Waals surface area contributed by atoms with Crippen molar-refractivity contribution >= 4 is 23.4 Å². The Labute approximate surface area is 197 Å². The van der Waals surface area contributed by atoms with E-state index in [1.54, 1.807) is 13.4 Å². The molecule has 0 aliphatic rings. The molecule has 4 aromatic rings. The van der Waals surface area contributed by atoms with Gasteiger partial charge in [0.15, 0.2) is 11.0 Å². The van der Waals surface area contributed by atoms with Crippen molar-refractivity contribution in [2.75, 3.05) is 18.2 Å². The number of benzene rings is 2. The Kier molecular flexibility index (Phi) is 7.14. The molecular formula is C25H26N4O3S. The van der Waals surface area contributed by atoms with Gasteiger partial charge >= 0.3 is 0 Å². The van der Waals surface area contributed by atoms with Crippen LogP contribution in [-0.2, 0) is 11.3 Å². The molecule has 33 heavy (non-hydrogen) atoms. The van der Waals surface area contributed by atoms with Crippen LogP contribution < -0.4 is 10.1 Å². The summed E-state index contributed by atoms with van der Waals surface area (Å²) in [7, 11) is 1.63. The molecule has 2 aromatic heterocycles. The fourth-order valence-corrected chi connectivity index (χ4v) is 4.24. The average Bonchev–Trinajstić information content (AvgIpc) is 3.48. The molecule has 0 bridgehead atoms. The molecule has 0 aliphatic carbocycles. The van der Waals surface area contributed by atoms with E-state index in [1.165, 1.54) is 11.8 Å². The van der Waals surface area contributed by atoms with Gasteiger partial charge in [0, 0.05) is 11.3 Å². The summed E-state index contributed by atoms with van der Waals surface area (Å²) in [5.74, 6) is 2.62. The predicted molar refractivity (Wildman–Crippen MR) is 130 cm³/mol. The van der Waals surface area contributed by atoms with Crippen LogP contribution in [0.4, 0.5) is 5.69 Å². The van der Waals surface area contributed by atoms with E-state index < -0.39 is 0 Å². The Hall–Kier alpha value is -3.52. The summed E-state index contributed by atoms with van der Waals surface area (Å²) in [6, 6.07) is 19.3. The smallest absolute Gasteiger partial charge is 0.234 e. The standard InChI is InChI=1S/C25H26N4O3S/c1-17(2)21-11-4-5-12-22(21)26-23(30)16-33-25-28-27-24(18-8-6-9-19(14-18)31-3)29(25)15-20-10-7-13-32-20/h4-14,17H,15-16H2,1-3H3,(H,26,30). The van der Waals surface area contributed by atoms with Crippen molar-refractivity contribution in [2.45, 2.75) is 31.5 Å². The zero-order valence-corrected chi connectivity index (χ0v) is 19.6. The van der Waals surface area contributed by atoms with Crippen molar-refractivity contribution in [3.05, 3.63) is 78.3 Å². The lowest BCUT2D eigenvalue weighted by molar-refractivity contribution is -0.113. The van der Waals surface area contributed by atoms with Crippen LogP contribution in [0.3, 0.4) is 0 Å². The van der Waals surface area contributed by atoms with Crippen LogP contribution >= 0.6 is 11.8 Å². The average molecular weight is 463 g/mol. The first-order valence-electron chi connectivity index (χ1n) is 10.7. The van der Waals surface area contributed by atoms with Crippen LogP contribution in [0.15, 0.2) is 76.5 Å². The minimum Gasteiger partial charge on any atom is -0.497 e. The lowest BCUT2D eigenvalue weighted by Gasteiger charge is -2.13. The third-order valence-corrected chi connectivity index (χ3v) is 6.09. The number of carbonyl (C=O) groups excluding carboxylic acids is 1. The zero-order chi connectivity index (χ0) is 23.2. The molecule has 0 aliphatic heterocycles. The number of methoxy groups -OCH3 is 1. The third-order valence-electron chi connectivity index (χ3n) is 5.13. The van der Waals surface area contributed by atoms with E-state index in [4.69, 9.17) is 9.15 Å². The molecule has 0 unspecified atom stereocenters. The first kappa shape index (κ1) is 22.7. The number of amides is 1. The lowest BCUT2D eigenvalue weighted by Crippen LogP contribution is -2.16. The van der Waals surface area contributed by atoms with E-state index in [1.807, 2.05) is 65.2 Å². The number of hydrogen-bond acceptors (Lipinski definition) is 6. The number of furan rings is 1. The van der Waals surface area contributed by atoms with Gasteiger partial charge in [-0.3, -0.25) is 9.36 Å². The molecular weight excluding hydrogens is 436 g/mol. The molecule has 0 spiro atoms. The van der Waals surface area contributed by atoms with Crippen LogP contribution in [0.5, 0.6) is 5.75 Å². The first-order valence-corrected chi connectivity index (χ1v) is 11.6. The Balaban J connectivity index is 1.55. The van der Waals surface area contributed by atoms with Gasteiger partial charge < -0.3 is 14.5 Å². The van der Waals surface area contributed by atoms with Crippen LogP contribution in [0, 0.1) is 0 Å². The third kappa shape index (κ3) is 5.46. The summed E-state index contributed by atoms with van der Waals surface area (Å²) in [4.78, 5) is 12.7. The van der Waals surface area contributed by atoms with Crippen molar-refractivity contribution in [1.29, 1.82) is 0 Å². The Bertz CT molecular complexity index is 1220. The van der Waals surface area contributed by atoms with E-state index in [-0.39, 0.29) is 11.7 Å². The zero-order valence-electron chi connectivity index (χ0n) is 18.8. The highest BCUT2D eigenvalue weighted by molar-refractivity contribution is 7.99. The molecule has 8 heteroatoms. The summed E-state index contributed by atoms with van der Waals surface area (Å²) in [5, 5.41) is 12.4. The second-order valence-corrected chi connectivity index (χ2v) is 8.72. The molecule has 0 fully saturated rings. The number of thioether (sulfide) groups is 1. The van der Waals surface area contributed by atoms with Gasteiger partial charge in [-0.15, -0.1) is 10.2 Å². The minimum absolute atomic E-state index is 0.0939. The number of carbonyl (C=O) groups is 1. The van der Waals surface area contributed by atoms with E-state index in [0.717, 1.165) is 28.3 Å². The first-order chi connectivity index (χ1) is 16.0. The molecule has 1 amide bonds. The van der Waals surface area contributed by atoms with Crippen molar-refractivity contribution in [3.63, 3.8) is 0 Å². The topological polar surface area (TPSA) is 82.2 Å². The van der Waals surface area contributed by atoms with E-state index >= 15 is 0 Å². The summed E-state index contributed by atoms with van der Waals surface area (Å²) in [6.07, 6.45) is 1.64. The number of hydrogen-bond donors (Lipinski definition) is 1. The van der Waals surface area contributed by atoms with E-state index in [9.17, 15) is 4.79 Å². The predicted octanol–water partition coefficient (Wildman–Crippen LogP) is 5.45. The normalized spacial score (nSPS) is 11.0. The number of nitrogens with one attached hydrogen (secondary N) is 1. The van der Waals surface area contributed by atoms with Crippen LogP contribution in [0.25, 0.3) is 11.4 Å². The van der Waals surface area contributed by atoms with Gasteiger partial charge in [-0.25, -0.2) is 0 Å². The Morgan fingerprint density at radius 2 is 1.97 bits per heavy atom. The molecule has 4 rings (SSSR count). The van der Waals surface area contributed by atoms with E-state index in [0.29, 0.717) is 23.4 Å². The molecule has 170 valence electrons. The Morgan fingerprint density at radius 1 is 1.12 bits per heavy atom. The van der Waals surface area contributed by atoms with Crippen molar-refractivity contribution in [2.24, 2.45) is 0 Å². The number of nitrogens with zero attached hydrogens (tertiary/aromatic N) is 3. The summed E-state index contributed by atoms with van der Waals surface area (Å²) in [6.45, 7) is 4.67. The van der Waals surface area contributed by atoms with Crippen molar-refractivity contribution < 1.29 is 13.9 Å². The van der Waals surface area contributed by atoms with Gasteiger partial charge in [-0.05, 0) is 41.8 Å². The second-order valence-electron chi connectivity index (χ2n) is 7.78. The highest BCUT2D eigenvalue weighted by Gasteiger charge is 2.18. The fraction of sp³-hybridized carbons (Fsp3) is 0.240. The molecule has 7 nitrogen and oxygen atoms in total. The molecule has 2 aromatic carbocycles. The fourth-order valence-electron chi connectivity index (χ4n) is 3.50. The molecule has 2 heterocycles. The van der Waals surface area contributed by atoms with Crippen molar-refractivity contribution in [3.8, 4) is 17.1 Å². The van der Waals surface area contributed by atoms with E-state index in [2.05, 4.69) is 29.4 Å². The number of anilines is 1. The van der Waals surface area contributed by atoms with Gasteiger partial charge in [0.2, 0.25) is 5.91 Å². The molecule has 1 N–H and O–H groups in total. The minimum atomic E-state index is -0.0939. The van der Waals surface area contributed by atoms with Crippen molar-refractivity contribution in [1.82, 2.24) is 14.8 Å². The maximum atomic E-state index is 12.7. The largest absolute Gasteiger partial charge is 0.497 e. The lowest BCUT2D eigenvalue weighted by atomic mass is 10.0. The number of ether oxygens (including phenoxy) is 1. The summed E-state index contributed by atoms with van der Waals surface area (Å²) in [5.41, 5.74) is 2.82. The maximum absolute atomic E-state index is 12.7. The van der Waals surface area contributed by atoms with Gasteiger partial charge in [0.05, 0.1) is 25.7 Å². The van der Waals surface area contributed by atoms with Gasteiger partial charge in [-0.2, -0.15) is 0 Å². The van der Waals surface area contributed by atoms with Crippen LogP contribution in [0.2, 0.25) is 0 Å². The quantitative estimate of drug-likeness (QED) is 0.333. The highest BCUT2D eigenvalue weighted by Crippen LogP contribution is 2.28. The van der Waals surface area contributed by atoms with Crippen LogP contribution in [0.1, 0.15) is 31.1 Å². The molecule has 0 saturated carbocycles. The highest BCUT2D eigenvalue weighted by atomic mass is 32.2. The monoisotopic (exact) mass is 462 g/mol. The molecule has 0 saturated heterocycles. The summed E-state index contributed by atoms with van der Waals surface area (Å²) < 4.78 is 12.9. The SMILES string of the molecule is COc1cccc(-c2nnc(SCC(=O)Nc3ccccc3C(C)C)n2Cc2ccco2)c1. The number of rotatable bonds is 9. The summed E-state index contributed by atoms with van der Waals surface area (Å²) >= 11 is 1.34. The van der Waals surface area contributed by atoms with Crippen LogP contribution in [-0.4, -0.2) is 33.5 Å². The second kappa shape index (κ2) is 10.4. The Morgan fingerprint density at radius 3 is 2.73 bits per heavy atom. The molecule has 0 radical (unpaired) electrons. The van der Waals surface area contributed by atoms with Gasteiger partial charge in [0.1, 0.15) is 11.5 Å². The molecule has 0 atom stereocenters. The maximum Gasteiger partial charge on any atom is 0.234 e. The van der Waals surface area contributed by atoms with Gasteiger partial charge in [0.25, 0.3) is 0 Å². The number of aromatic nitrogens is 3. The van der Waals surface area contributed by atoms with Gasteiger partial charge in [-0.1, -0.05) is 55.9 Å².